The Morgan fingerprint density at radius 1 is 0.618 bits per heavy atom. The Labute approximate surface area is 198 Å². The summed E-state index contributed by atoms with van der Waals surface area (Å²) < 4.78 is 4.19. The van der Waals surface area contributed by atoms with Crippen LogP contribution in [0.5, 0.6) is 0 Å². The summed E-state index contributed by atoms with van der Waals surface area (Å²) in [7, 11) is 0. The molecule has 0 bridgehead atoms. The molecule has 6 aromatic rings. The third kappa shape index (κ3) is 3.39. The molecular formula is C29H23N5. The number of hydrogen-bond acceptors (Lipinski definition) is 3. The molecule has 0 atom stereocenters. The van der Waals surface area contributed by atoms with Crippen LogP contribution in [0.1, 0.15) is 11.1 Å². The smallest absolute Gasteiger partial charge is 0.168 e. The van der Waals surface area contributed by atoms with E-state index in [-0.39, 0.29) is 0 Å². The Balaban J connectivity index is 1.46. The largest absolute Gasteiger partial charge is 0.299 e. The van der Waals surface area contributed by atoms with Gasteiger partial charge in [0.1, 0.15) is 12.7 Å². The summed E-state index contributed by atoms with van der Waals surface area (Å²) >= 11 is 0. The molecule has 5 nitrogen and oxygen atoms in total. The van der Waals surface area contributed by atoms with Crippen LogP contribution in [0.3, 0.4) is 0 Å². The molecule has 4 aromatic carbocycles. The first-order valence-corrected chi connectivity index (χ1v) is 11.3. The van der Waals surface area contributed by atoms with Gasteiger partial charge in [-0.1, -0.05) is 48.5 Å². The zero-order valence-electron chi connectivity index (χ0n) is 19.1. The fraction of sp³-hybridized carbons (Fsp3) is 0.0690. The summed E-state index contributed by atoms with van der Waals surface area (Å²) in [5, 5.41) is 8.78. The van der Waals surface area contributed by atoms with Crippen LogP contribution in [0, 0.1) is 13.8 Å². The first-order chi connectivity index (χ1) is 16.7. The quantitative estimate of drug-likeness (QED) is 0.311. The zero-order valence-corrected chi connectivity index (χ0v) is 19.1. The summed E-state index contributed by atoms with van der Waals surface area (Å²) in [5.74, 6) is 0.807. The number of hydrogen-bond donors (Lipinski definition) is 0. The van der Waals surface area contributed by atoms with E-state index in [1.54, 1.807) is 6.33 Å². The predicted octanol–water partition coefficient (Wildman–Crippen LogP) is 6.56. The molecule has 0 aliphatic carbocycles. The van der Waals surface area contributed by atoms with E-state index >= 15 is 0 Å². The van der Waals surface area contributed by atoms with Crippen LogP contribution < -0.4 is 0 Å². The Morgan fingerprint density at radius 3 is 2.06 bits per heavy atom. The number of fused-ring (bicyclic) bond motifs is 1. The van der Waals surface area contributed by atoms with Gasteiger partial charge in [-0.05, 0) is 78.6 Å². The highest BCUT2D eigenvalue weighted by atomic mass is 15.3. The lowest BCUT2D eigenvalue weighted by Crippen LogP contribution is -2.02. The fourth-order valence-electron chi connectivity index (χ4n) is 4.67. The van der Waals surface area contributed by atoms with E-state index in [9.17, 15) is 0 Å². The van der Waals surface area contributed by atoms with Crippen molar-refractivity contribution in [2.45, 2.75) is 13.8 Å². The van der Waals surface area contributed by atoms with Crippen LogP contribution in [0.2, 0.25) is 0 Å². The number of aromatic nitrogens is 5. The second kappa shape index (κ2) is 8.12. The lowest BCUT2D eigenvalue weighted by Gasteiger charge is -2.15. The summed E-state index contributed by atoms with van der Waals surface area (Å²) in [6.07, 6.45) is 3.66. The second-order valence-electron chi connectivity index (χ2n) is 8.50. The van der Waals surface area contributed by atoms with Crippen LogP contribution >= 0.6 is 0 Å². The molecular weight excluding hydrogens is 418 g/mol. The Kier molecular flexibility index (Phi) is 4.81. The SMILES string of the molecule is Cc1cc(-c2ccccc2)cc(C)c1-n1cnnc1-c1ccc2ncn(-c3ccccc3)c2c1. The van der Waals surface area contributed by atoms with Gasteiger partial charge in [-0.15, -0.1) is 10.2 Å². The first kappa shape index (κ1) is 20.1. The molecule has 0 saturated carbocycles. The van der Waals surface area contributed by atoms with E-state index in [0.717, 1.165) is 33.8 Å². The molecule has 0 aliphatic heterocycles. The maximum absolute atomic E-state index is 4.58. The van der Waals surface area contributed by atoms with Gasteiger partial charge in [0.25, 0.3) is 0 Å². The van der Waals surface area contributed by atoms with Crippen molar-refractivity contribution in [1.82, 2.24) is 24.3 Å². The monoisotopic (exact) mass is 441 g/mol. The minimum absolute atomic E-state index is 0.807. The average Bonchev–Trinajstić information content (AvgIpc) is 3.52. The third-order valence-corrected chi connectivity index (χ3v) is 6.23. The Hall–Kier alpha value is -4.51. The molecule has 164 valence electrons. The van der Waals surface area contributed by atoms with Gasteiger partial charge >= 0.3 is 0 Å². The molecule has 0 fully saturated rings. The summed E-state index contributed by atoms with van der Waals surface area (Å²) in [5.41, 5.74) is 9.93. The molecule has 0 N–H and O–H groups in total. The molecule has 0 saturated heterocycles. The topological polar surface area (TPSA) is 48.5 Å². The van der Waals surface area contributed by atoms with Crippen molar-refractivity contribution in [3.05, 3.63) is 115 Å². The van der Waals surface area contributed by atoms with E-state index in [2.05, 4.69) is 98.8 Å². The van der Waals surface area contributed by atoms with E-state index in [0.29, 0.717) is 0 Å². The third-order valence-electron chi connectivity index (χ3n) is 6.23. The van der Waals surface area contributed by atoms with Gasteiger partial charge in [0, 0.05) is 11.3 Å². The van der Waals surface area contributed by atoms with Gasteiger partial charge in [0.15, 0.2) is 5.82 Å². The lowest BCUT2D eigenvalue weighted by molar-refractivity contribution is 1.03. The average molecular weight is 442 g/mol. The summed E-state index contributed by atoms with van der Waals surface area (Å²) in [6.45, 7) is 4.29. The maximum atomic E-state index is 4.58. The molecule has 0 spiro atoms. The fourth-order valence-corrected chi connectivity index (χ4v) is 4.67. The van der Waals surface area contributed by atoms with Gasteiger partial charge in [-0.2, -0.15) is 0 Å². The first-order valence-electron chi connectivity index (χ1n) is 11.3. The number of imidazole rings is 1. The number of rotatable bonds is 4. The number of aryl methyl sites for hydroxylation is 2. The Morgan fingerprint density at radius 2 is 1.32 bits per heavy atom. The van der Waals surface area contributed by atoms with Crippen molar-refractivity contribution in [3.8, 4) is 33.9 Å². The lowest BCUT2D eigenvalue weighted by atomic mass is 9.98. The normalized spacial score (nSPS) is 11.2. The molecule has 6 rings (SSSR count). The predicted molar refractivity (Wildman–Crippen MR) is 136 cm³/mol. The minimum atomic E-state index is 0.807. The van der Waals surface area contributed by atoms with Crippen molar-refractivity contribution in [1.29, 1.82) is 0 Å². The number of para-hydroxylation sites is 1. The highest BCUT2D eigenvalue weighted by molar-refractivity contribution is 5.83. The highest BCUT2D eigenvalue weighted by Gasteiger charge is 2.16. The molecule has 34 heavy (non-hydrogen) atoms. The van der Waals surface area contributed by atoms with Crippen molar-refractivity contribution < 1.29 is 0 Å². The van der Waals surface area contributed by atoms with Crippen molar-refractivity contribution in [2.24, 2.45) is 0 Å². The molecule has 5 heteroatoms. The number of benzene rings is 4. The van der Waals surface area contributed by atoms with Crippen LogP contribution in [0.15, 0.2) is 104 Å². The van der Waals surface area contributed by atoms with Crippen molar-refractivity contribution in [3.63, 3.8) is 0 Å². The molecule has 0 unspecified atom stereocenters. The van der Waals surface area contributed by atoms with Gasteiger partial charge in [-0.25, -0.2) is 4.98 Å². The standard InChI is InChI=1S/C29H23N5/c1-20-15-24(22-9-5-3-6-10-22)16-21(2)28(20)34-19-31-32-29(34)23-13-14-26-27(17-23)33(18-30-26)25-11-7-4-8-12-25/h3-19H,1-2H3. The van der Waals surface area contributed by atoms with Crippen LogP contribution in [-0.2, 0) is 0 Å². The zero-order chi connectivity index (χ0) is 23.1. The van der Waals surface area contributed by atoms with Crippen LogP contribution in [0.25, 0.3) is 44.9 Å². The second-order valence-corrected chi connectivity index (χ2v) is 8.50. The van der Waals surface area contributed by atoms with Gasteiger partial charge in [0.05, 0.1) is 16.7 Å². The maximum Gasteiger partial charge on any atom is 0.168 e. The van der Waals surface area contributed by atoms with Gasteiger partial charge < -0.3 is 0 Å². The molecule has 0 amide bonds. The number of nitrogens with zero attached hydrogens (tertiary/aromatic N) is 5. The molecule has 0 aliphatic rings. The Bertz CT molecular complexity index is 1590. The molecule has 2 heterocycles. The van der Waals surface area contributed by atoms with Gasteiger partial charge in [-0.3, -0.25) is 9.13 Å². The van der Waals surface area contributed by atoms with E-state index < -0.39 is 0 Å². The molecule has 2 aromatic heterocycles. The minimum Gasteiger partial charge on any atom is -0.299 e. The van der Waals surface area contributed by atoms with Crippen LogP contribution in [-0.4, -0.2) is 24.3 Å². The van der Waals surface area contributed by atoms with E-state index in [4.69, 9.17) is 0 Å². The van der Waals surface area contributed by atoms with Crippen LogP contribution in [0.4, 0.5) is 0 Å². The van der Waals surface area contributed by atoms with Gasteiger partial charge in [0.2, 0.25) is 0 Å². The van der Waals surface area contributed by atoms with E-state index in [1.165, 1.54) is 22.3 Å². The molecule has 0 radical (unpaired) electrons. The van der Waals surface area contributed by atoms with E-state index in [1.807, 2.05) is 36.7 Å². The summed E-state index contributed by atoms with van der Waals surface area (Å²) in [4.78, 5) is 4.58. The highest BCUT2D eigenvalue weighted by Crippen LogP contribution is 2.31. The summed E-state index contributed by atoms with van der Waals surface area (Å²) in [6, 6.07) is 31.4. The van der Waals surface area contributed by atoms with Crippen molar-refractivity contribution >= 4 is 11.0 Å². The van der Waals surface area contributed by atoms with Crippen molar-refractivity contribution in [2.75, 3.05) is 0 Å².